The van der Waals surface area contributed by atoms with Crippen LogP contribution >= 0.6 is 0 Å². The summed E-state index contributed by atoms with van der Waals surface area (Å²) in [5, 5.41) is 14.0. The Kier molecular flexibility index (Phi) is 7.35. The van der Waals surface area contributed by atoms with Crippen molar-refractivity contribution >= 4 is 0 Å². The summed E-state index contributed by atoms with van der Waals surface area (Å²) >= 11 is 0. The maximum Gasteiger partial charge on any atom is 0.0948 e. The molecule has 3 rings (SSSR count). The standard InChI is InChI=1S/C23H25NO.C2H6/c1-22(2,25)18-24-23(19-12-6-3-7-13-19,20-14-8-4-9-15-20)21-16-10-5-11-17-21;1-2/h3-17,24-25H,18H2,1-2H3;1-2H3. The van der Waals surface area contributed by atoms with Gasteiger partial charge >= 0.3 is 0 Å². The number of hydrogen-bond donors (Lipinski definition) is 2. The van der Waals surface area contributed by atoms with E-state index in [2.05, 4.69) is 78.1 Å². The summed E-state index contributed by atoms with van der Waals surface area (Å²) in [5.74, 6) is 0. The molecule has 0 aliphatic heterocycles. The van der Waals surface area contributed by atoms with E-state index in [-0.39, 0.29) is 0 Å². The van der Waals surface area contributed by atoms with Crippen molar-refractivity contribution in [2.24, 2.45) is 0 Å². The summed E-state index contributed by atoms with van der Waals surface area (Å²) in [7, 11) is 0. The predicted molar refractivity (Wildman–Crippen MR) is 115 cm³/mol. The van der Waals surface area contributed by atoms with Crippen LogP contribution in [0.3, 0.4) is 0 Å². The van der Waals surface area contributed by atoms with Crippen molar-refractivity contribution in [2.45, 2.75) is 38.8 Å². The van der Waals surface area contributed by atoms with Crippen LogP contribution in [0.15, 0.2) is 91.0 Å². The lowest BCUT2D eigenvalue weighted by Crippen LogP contribution is -2.50. The van der Waals surface area contributed by atoms with Crippen molar-refractivity contribution in [1.82, 2.24) is 5.32 Å². The molecule has 0 unspecified atom stereocenters. The van der Waals surface area contributed by atoms with Gasteiger partial charge in [-0.2, -0.15) is 0 Å². The molecule has 0 spiro atoms. The highest BCUT2D eigenvalue weighted by molar-refractivity contribution is 5.49. The molecule has 0 aliphatic carbocycles. The van der Waals surface area contributed by atoms with Crippen LogP contribution in [-0.2, 0) is 5.54 Å². The minimum absolute atomic E-state index is 0.464. The molecule has 0 atom stereocenters. The van der Waals surface area contributed by atoms with Gasteiger partial charge in [-0.3, -0.25) is 5.32 Å². The van der Waals surface area contributed by atoms with Gasteiger partial charge in [0.15, 0.2) is 0 Å². The Balaban J connectivity index is 0.00000126. The summed E-state index contributed by atoms with van der Waals surface area (Å²) in [5.41, 5.74) is 2.11. The van der Waals surface area contributed by atoms with Crippen molar-refractivity contribution in [1.29, 1.82) is 0 Å². The van der Waals surface area contributed by atoms with Crippen molar-refractivity contribution < 1.29 is 5.11 Å². The molecule has 2 heteroatoms. The van der Waals surface area contributed by atoms with E-state index >= 15 is 0 Å². The molecular weight excluding hydrogens is 330 g/mol. The predicted octanol–water partition coefficient (Wildman–Crippen LogP) is 5.37. The van der Waals surface area contributed by atoms with Crippen LogP contribution in [0.5, 0.6) is 0 Å². The summed E-state index contributed by atoms with van der Waals surface area (Å²) in [6.45, 7) is 8.11. The Morgan fingerprint density at radius 2 is 0.926 bits per heavy atom. The Labute approximate surface area is 163 Å². The Morgan fingerprint density at radius 3 is 1.19 bits per heavy atom. The van der Waals surface area contributed by atoms with Crippen LogP contribution in [0.1, 0.15) is 44.4 Å². The van der Waals surface area contributed by atoms with Gasteiger partial charge in [0, 0.05) is 6.54 Å². The highest BCUT2D eigenvalue weighted by Crippen LogP contribution is 2.36. The third kappa shape index (κ3) is 5.06. The molecule has 2 N–H and O–H groups in total. The minimum atomic E-state index is -0.816. The Hall–Kier alpha value is -2.42. The molecule has 2 nitrogen and oxygen atoms in total. The van der Waals surface area contributed by atoms with E-state index in [1.807, 2.05) is 45.9 Å². The van der Waals surface area contributed by atoms with Gasteiger partial charge in [0.2, 0.25) is 0 Å². The maximum absolute atomic E-state index is 10.4. The van der Waals surface area contributed by atoms with Gasteiger partial charge in [-0.15, -0.1) is 0 Å². The van der Waals surface area contributed by atoms with Gasteiger partial charge in [0.05, 0.1) is 11.1 Å². The fourth-order valence-corrected chi connectivity index (χ4v) is 3.22. The number of benzene rings is 3. The first kappa shape index (κ1) is 20.9. The molecule has 0 radical (unpaired) electrons. The summed E-state index contributed by atoms with van der Waals surface area (Å²) in [6, 6.07) is 31.2. The largest absolute Gasteiger partial charge is 0.389 e. The second kappa shape index (κ2) is 9.50. The molecule has 27 heavy (non-hydrogen) atoms. The van der Waals surface area contributed by atoms with Crippen LogP contribution in [-0.4, -0.2) is 17.3 Å². The molecule has 0 aromatic heterocycles. The van der Waals surface area contributed by atoms with Crippen LogP contribution in [0.4, 0.5) is 0 Å². The van der Waals surface area contributed by atoms with Gasteiger partial charge in [-0.05, 0) is 30.5 Å². The van der Waals surface area contributed by atoms with E-state index in [9.17, 15) is 5.11 Å². The average molecular weight is 362 g/mol. The van der Waals surface area contributed by atoms with Gasteiger partial charge in [-0.25, -0.2) is 0 Å². The lowest BCUT2D eigenvalue weighted by atomic mass is 9.76. The first-order chi connectivity index (χ1) is 13.0. The lowest BCUT2D eigenvalue weighted by molar-refractivity contribution is 0.0739. The fourth-order valence-electron chi connectivity index (χ4n) is 3.22. The molecular formula is C25H31NO. The zero-order valence-corrected chi connectivity index (χ0v) is 16.8. The first-order valence-corrected chi connectivity index (χ1v) is 9.66. The molecule has 0 bridgehead atoms. The number of hydrogen-bond acceptors (Lipinski definition) is 2. The summed E-state index contributed by atoms with van der Waals surface area (Å²) < 4.78 is 0. The van der Waals surface area contributed by atoms with Crippen LogP contribution < -0.4 is 5.32 Å². The van der Waals surface area contributed by atoms with Gasteiger partial charge in [-0.1, -0.05) is 105 Å². The third-order valence-corrected chi connectivity index (χ3v) is 4.41. The third-order valence-electron chi connectivity index (χ3n) is 4.41. The van der Waals surface area contributed by atoms with Gasteiger partial charge in [0.25, 0.3) is 0 Å². The molecule has 0 fully saturated rings. The smallest absolute Gasteiger partial charge is 0.0948 e. The molecule has 0 saturated carbocycles. The number of nitrogens with one attached hydrogen (secondary N) is 1. The van der Waals surface area contributed by atoms with Gasteiger partial charge < -0.3 is 5.11 Å². The second-order valence-electron chi connectivity index (χ2n) is 7.01. The minimum Gasteiger partial charge on any atom is -0.389 e. The van der Waals surface area contributed by atoms with E-state index < -0.39 is 11.1 Å². The van der Waals surface area contributed by atoms with E-state index in [4.69, 9.17) is 0 Å². The van der Waals surface area contributed by atoms with Crippen molar-refractivity contribution in [3.63, 3.8) is 0 Å². The van der Waals surface area contributed by atoms with Crippen LogP contribution in [0.25, 0.3) is 0 Å². The van der Waals surface area contributed by atoms with E-state index in [0.717, 1.165) is 16.7 Å². The molecule has 3 aromatic carbocycles. The normalized spacial score (nSPS) is 11.4. The highest BCUT2D eigenvalue weighted by Gasteiger charge is 2.36. The molecule has 0 heterocycles. The highest BCUT2D eigenvalue weighted by atomic mass is 16.3. The van der Waals surface area contributed by atoms with Crippen LogP contribution in [0, 0.1) is 0 Å². The Morgan fingerprint density at radius 1 is 0.630 bits per heavy atom. The second-order valence-corrected chi connectivity index (χ2v) is 7.01. The monoisotopic (exact) mass is 361 g/mol. The SMILES string of the molecule is CC.CC(C)(O)CNC(c1ccccc1)(c1ccccc1)c1ccccc1. The number of aliphatic hydroxyl groups is 1. The quantitative estimate of drug-likeness (QED) is 0.579. The van der Waals surface area contributed by atoms with E-state index in [1.165, 1.54) is 0 Å². The topological polar surface area (TPSA) is 32.3 Å². The molecule has 142 valence electrons. The fraction of sp³-hybridized carbons (Fsp3) is 0.280. The zero-order valence-electron chi connectivity index (χ0n) is 16.8. The molecule has 0 aliphatic rings. The van der Waals surface area contributed by atoms with Crippen molar-refractivity contribution in [2.75, 3.05) is 6.54 Å². The molecule has 0 saturated heterocycles. The van der Waals surface area contributed by atoms with Crippen molar-refractivity contribution in [3.8, 4) is 0 Å². The molecule has 0 amide bonds. The first-order valence-electron chi connectivity index (χ1n) is 9.66. The maximum atomic E-state index is 10.4. The zero-order chi connectivity index (χ0) is 19.8. The van der Waals surface area contributed by atoms with Crippen LogP contribution in [0.2, 0.25) is 0 Å². The number of rotatable bonds is 6. The van der Waals surface area contributed by atoms with E-state index in [0.29, 0.717) is 6.54 Å². The van der Waals surface area contributed by atoms with E-state index in [1.54, 1.807) is 0 Å². The van der Waals surface area contributed by atoms with Crippen molar-refractivity contribution in [3.05, 3.63) is 108 Å². The molecule has 3 aromatic rings. The Bertz CT molecular complexity index is 680. The average Bonchev–Trinajstić information content (AvgIpc) is 2.72. The summed E-state index contributed by atoms with van der Waals surface area (Å²) in [4.78, 5) is 0. The summed E-state index contributed by atoms with van der Waals surface area (Å²) in [6.07, 6.45) is 0. The lowest BCUT2D eigenvalue weighted by Gasteiger charge is -2.39. The van der Waals surface area contributed by atoms with Gasteiger partial charge in [0.1, 0.15) is 0 Å².